The van der Waals surface area contributed by atoms with Gasteiger partial charge in [-0.05, 0) is 31.9 Å². The van der Waals surface area contributed by atoms with Crippen molar-refractivity contribution >= 4 is 39.8 Å². The molecule has 0 bridgehead atoms. The molecule has 1 rings (SSSR count). The van der Waals surface area contributed by atoms with Crippen LogP contribution in [0.5, 0.6) is 5.75 Å². The zero-order chi connectivity index (χ0) is 18.7. The molecule has 0 heterocycles. The maximum Gasteiger partial charge on any atom is 0.191 e. The zero-order valence-corrected chi connectivity index (χ0v) is 18.6. The third kappa shape index (κ3) is 11.5. The van der Waals surface area contributed by atoms with Crippen LogP contribution in [0, 0.1) is 5.82 Å². The van der Waals surface area contributed by atoms with Crippen molar-refractivity contribution in [3.63, 3.8) is 0 Å². The minimum Gasteiger partial charge on any atom is -0.488 e. The Labute approximate surface area is 172 Å². The molecule has 9 heteroatoms. The second-order valence-electron chi connectivity index (χ2n) is 5.74. The van der Waals surface area contributed by atoms with Crippen LogP contribution in [0.25, 0.3) is 0 Å². The summed E-state index contributed by atoms with van der Waals surface area (Å²) < 4.78 is 41.3. The summed E-state index contributed by atoms with van der Waals surface area (Å²) in [6.45, 7) is 5.55. The first-order chi connectivity index (χ1) is 11.8. The molecule has 0 aliphatic heterocycles. The van der Waals surface area contributed by atoms with Gasteiger partial charge in [-0.3, -0.25) is 0 Å². The van der Waals surface area contributed by atoms with Crippen LogP contribution in [0.1, 0.15) is 26.7 Å². The first-order valence-corrected chi connectivity index (χ1v) is 10.5. The molecule has 6 nitrogen and oxygen atoms in total. The Morgan fingerprint density at radius 3 is 2.62 bits per heavy atom. The minimum atomic E-state index is -2.95. The van der Waals surface area contributed by atoms with Gasteiger partial charge in [-0.15, -0.1) is 24.0 Å². The van der Waals surface area contributed by atoms with Gasteiger partial charge in [0, 0.05) is 25.4 Å². The maximum absolute atomic E-state index is 13.2. The molecule has 0 saturated carbocycles. The molecule has 1 aromatic rings. The van der Waals surface area contributed by atoms with Crippen molar-refractivity contribution in [2.24, 2.45) is 4.99 Å². The molecule has 0 spiro atoms. The van der Waals surface area contributed by atoms with Gasteiger partial charge in [0.1, 0.15) is 27.5 Å². The van der Waals surface area contributed by atoms with Gasteiger partial charge in [0.05, 0.1) is 12.3 Å². The van der Waals surface area contributed by atoms with E-state index >= 15 is 0 Å². The first-order valence-electron chi connectivity index (χ1n) is 8.46. The predicted molar refractivity (Wildman–Crippen MR) is 115 cm³/mol. The quantitative estimate of drug-likeness (QED) is 0.223. The van der Waals surface area contributed by atoms with Crippen molar-refractivity contribution in [3.05, 3.63) is 30.1 Å². The van der Waals surface area contributed by atoms with Crippen molar-refractivity contribution in [1.29, 1.82) is 0 Å². The summed E-state index contributed by atoms with van der Waals surface area (Å²) in [6.07, 6.45) is 2.30. The Hall–Kier alpha value is -1.10. The Kier molecular flexibility index (Phi) is 12.6. The van der Waals surface area contributed by atoms with Gasteiger partial charge in [0.15, 0.2) is 5.96 Å². The summed E-state index contributed by atoms with van der Waals surface area (Å²) in [5.41, 5.74) is 0. The van der Waals surface area contributed by atoms with Crippen LogP contribution in [0.15, 0.2) is 29.3 Å². The predicted octanol–water partition coefficient (Wildman–Crippen LogP) is 2.59. The van der Waals surface area contributed by atoms with Crippen molar-refractivity contribution in [2.75, 3.05) is 31.6 Å². The second kappa shape index (κ2) is 13.1. The van der Waals surface area contributed by atoms with E-state index in [1.165, 1.54) is 18.4 Å². The summed E-state index contributed by atoms with van der Waals surface area (Å²) in [6, 6.07) is 6.04. The zero-order valence-electron chi connectivity index (χ0n) is 15.5. The van der Waals surface area contributed by atoms with E-state index in [0.29, 0.717) is 37.8 Å². The van der Waals surface area contributed by atoms with E-state index in [1.54, 1.807) is 12.1 Å². The monoisotopic (exact) mass is 501 g/mol. The Morgan fingerprint density at radius 2 is 2.04 bits per heavy atom. The third-order valence-corrected chi connectivity index (χ3v) is 4.37. The molecule has 1 aromatic carbocycles. The van der Waals surface area contributed by atoms with Gasteiger partial charge in [0.25, 0.3) is 0 Å². The topological polar surface area (TPSA) is 79.8 Å². The van der Waals surface area contributed by atoms with Crippen molar-refractivity contribution in [3.8, 4) is 5.75 Å². The van der Waals surface area contributed by atoms with Crippen molar-refractivity contribution in [1.82, 2.24) is 10.6 Å². The smallest absolute Gasteiger partial charge is 0.191 e. The van der Waals surface area contributed by atoms with Crippen LogP contribution in [0.2, 0.25) is 0 Å². The van der Waals surface area contributed by atoms with E-state index < -0.39 is 9.84 Å². The summed E-state index contributed by atoms with van der Waals surface area (Å²) in [5, 5.41) is 6.21. The molecule has 0 amide bonds. The molecule has 0 aliphatic rings. The first kappa shape index (κ1) is 24.9. The van der Waals surface area contributed by atoms with Crippen molar-refractivity contribution in [2.45, 2.75) is 32.8 Å². The molecule has 0 aliphatic carbocycles. The highest BCUT2D eigenvalue weighted by atomic mass is 127. The summed E-state index contributed by atoms with van der Waals surface area (Å²) >= 11 is 0. The number of nitrogens with one attached hydrogen (secondary N) is 2. The summed E-state index contributed by atoms with van der Waals surface area (Å²) in [5.74, 6) is 0.891. The van der Waals surface area contributed by atoms with E-state index in [9.17, 15) is 12.8 Å². The summed E-state index contributed by atoms with van der Waals surface area (Å²) in [4.78, 5) is 4.46. The van der Waals surface area contributed by atoms with Gasteiger partial charge in [-0.25, -0.2) is 17.8 Å². The maximum atomic E-state index is 13.2. The van der Waals surface area contributed by atoms with Gasteiger partial charge in [-0.2, -0.15) is 0 Å². The Morgan fingerprint density at radius 1 is 1.31 bits per heavy atom. The second-order valence-corrected chi connectivity index (χ2v) is 8.00. The van der Waals surface area contributed by atoms with Crippen LogP contribution in [0.3, 0.4) is 0 Å². The molecule has 0 aromatic heterocycles. The normalized spacial score (nSPS) is 12.8. The molecule has 1 atom stereocenters. The van der Waals surface area contributed by atoms with Crippen LogP contribution in [0.4, 0.5) is 4.39 Å². The number of ether oxygens (including phenoxy) is 1. The fourth-order valence-corrected chi connectivity index (χ4v) is 2.73. The van der Waals surface area contributed by atoms with Gasteiger partial charge in [0.2, 0.25) is 0 Å². The lowest BCUT2D eigenvalue weighted by Gasteiger charge is -2.17. The van der Waals surface area contributed by atoms with Crippen LogP contribution in [-0.4, -0.2) is 52.1 Å². The fraction of sp³-hybridized carbons (Fsp3) is 0.588. The number of guanidine groups is 1. The molecule has 150 valence electrons. The molecule has 26 heavy (non-hydrogen) atoms. The Balaban J connectivity index is 0.00000625. The van der Waals surface area contributed by atoms with E-state index in [-0.39, 0.29) is 41.7 Å². The SMILES string of the molecule is CCNC(=NCC(CC)Oc1cccc(F)c1)NCCCS(C)(=O)=O.I. The van der Waals surface area contributed by atoms with Crippen LogP contribution < -0.4 is 15.4 Å². The number of hydrogen-bond acceptors (Lipinski definition) is 4. The number of nitrogens with zero attached hydrogens (tertiary/aromatic N) is 1. The highest BCUT2D eigenvalue weighted by Gasteiger charge is 2.09. The average Bonchev–Trinajstić information content (AvgIpc) is 2.54. The number of hydrogen-bond donors (Lipinski definition) is 2. The van der Waals surface area contributed by atoms with E-state index in [0.717, 1.165) is 6.42 Å². The number of halogens is 2. The highest BCUT2D eigenvalue weighted by molar-refractivity contribution is 14.0. The lowest BCUT2D eigenvalue weighted by Crippen LogP contribution is -2.39. The Bertz CT molecular complexity index is 656. The molecular formula is C17H29FIN3O3S. The minimum absolute atomic E-state index is 0. The van der Waals surface area contributed by atoms with Gasteiger partial charge >= 0.3 is 0 Å². The number of rotatable bonds is 10. The highest BCUT2D eigenvalue weighted by Crippen LogP contribution is 2.15. The van der Waals surface area contributed by atoms with E-state index in [4.69, 9.17) is 4.74 Å². The number of sulfone groups is 1. The van der Waals surface area contributed by atoms with Crippen LogP contribution >= 0.6 is 24.0 Å². The van der Waals surface area contributed by atoms with Crippen molar-refractivity contribution < 1.29 is 17.5 Å². The van der Waals surface area contributed by atoms with E-state index in [1.807, 2.05) is 13.8 Å². The fourth-order valence-electron chi connectivity index (χ4n) is 2.06. The lowest BCUT2D eigenvalue weighted by atomic mass is 10.2. The molecule has 0 saturated heterocycles. The van der Waals surface area contributed by atoms with Gasteiger partial charge < -0.3 is 15.4 Å². The van der Waals surface area contributed by atoms with Gasteiger partial charge in [-0.1, -0.05) is 13.0 Å². The molecule has 1 unspecified atom stereocenters. The third-order valence-electron chi connectivity index (χ3n) is 3.34. The molecule has 0 radical (unpaired) electrons. The van der Waals surface area contributed by atoms with E-state index in [2.05, 4.69) is 15.6 Å². The average molecular weight is 501 g/mol. The standard InChI is InChI=1S/C17H28FN3O3S.HI/c1-4-15(24-16-9-6-8-14(18)12-16)13-21-17(19-5-2)20-10-7-11-25(3,22)23;/h6,8-9,12,15H,4-5,7,10-11,13H2,1-3H3,(H2,19,20,21);1H. The molecule has 2 N–H and O–H groups in total. The molecule has 0 fully saturated rings. The largest absolute Gasteiger partial charge is 0.488 e. The lowest BCUT2D eigenvalue weighted by molar-refractivity contribution is 0.205. The number of benzene rings is 1. The summed E-state index contributed by atoms with van der Waals surface area (Å²) in [7, 11) is -2.95. The van der Waals surface area contributed by atoms with Crippen LogP contribution in [-0.2, 0) is 9.84 Å². The molecular weight excluding hydrogens is 472 g/mol. The number of aliphatic imine (C=N–C) groups is 1.